The molecule has 0 radical (unpaired) electrons. The Balaban J connectivity index is 1.33. The number of aryl methyl sites for hydroxylation is 1. The maximum Gasteiger partial charge on any atom is 0.391 e. The summed E-state index contributed by atoms with van der Waals surface area (Å²) >= 11 is 6.67. The number of fused-ring (bicyclic) bond motifs is 1. The number of aliphatic carboxylic acids is 1. The summed E-state index contributed by atoms with van der Waals surface area (Å²) in [6.07, 6.45) is -0.154. The molecule has 8 heteroatoms. The van der Waals surface area contributed by atoms with Crippen molar-refractivity contribution in [3.63, 3.8) is 0 Å². The molecule has 4 rings (SSSR count). The Bertz CT molecular complexity index is 997. The van der Waals surface area contributed by atoms with Crippen LogP contribution >= 0.6 is 11.6 Å². The molecule has 2 aliphatic rings. The minimum atomic E-state index is -4.13. The minimum absolute atomic E-state index is 0.0947. The van der Waals surface area contributed by atoms with E-state index in [4.69, 9.17) is 21.4 Å². The number of hydrogen-bond donors (Lipinski definition) is 1. The highest BCUT2D eigenvalue weighted by Crippen LogP contribution is 2.40. The summed E-state index contributed by atoms with van der Waals surface area (Å²) < 4.78 is 44.8. The molecule has 186 valence electrons. The number of carboxylic acid groups (broad SMARTS) is 1. The first-order valence-electron chi connectivity index (χ1n) is 12.1. The lowest BCUT2D eigenvalue weighted by molar-refractivity contribution is -0.185. The largest absolute Gasteiger partial charge is 0.489 e. The summed E-state index contributed by atoms with van der Waals surface area (Å²) in [5, 5.41) is 11.5. The predicted molar refractivity (Wildman–Crippen MR) is 127 cm³/mol. The van der Waals surface area contributed by atoms with E-state index in [1.807, 2.05) is 12.1 Å². The topological polar surface area (TPSA) is 49.8 Å². The first-order chi connectivity index (χ1) is 16.2. The standard InChI is InChI=1S/C26H31ClF3NO3/c27-24-22-16-17(2-1-13-31-14-11-19(12-15-31)25(32)33)3-4-18(22)5-10-23(24)34-21-8-6-20(7-9-21)26(28,29)30/h3-5,10,16,19-21H,1-2,6-9,11-15H2,(H,32,33)/t20-,21+. The summed E-state index contributed by atoms with van der Waals surface area (Å²) in [7, 11) is 0. The highest BCUT2D eigenvalue weighted by atomic mass is 35.5. The van der Waals surface area contributed by atoms with Crippen LogP contribution in [0.4, 0.5) is 13.2 Å². The van der Waals surface area contributed by atoms with Gasteiger partial charge in [-0.25, -0.2) is 0 Å². The normalized spacial score (nSPS) is 22.7. The molecule has 1 saturated heterocycles. The molecular weight excluding hydrogens is 467 g/mol. The summed E-state index contributed by atoms with van der Waals surface area (Å²) in [5.41, 5.74) is 1.16. The maximum atomic E-state index is 12.9. The van der Waals surface area contributed by atoms with Crippen LogP contribution in [-0.2, 0) is 11.2 Å². The lowest BCUT2D eigenvalue weighted by atomic mass is 9.87. The van der Waals surface area contributed by atoms with Gasteiger partial charge in [0.2, 0.25) is 0 Å². The number of hydrogen-bond acceptors (Lipinski definition) is 3. The van der Waals surface area contributed by atoms with Gasteiger partial charge in [0, 0.05) is 5.39 Å². The van der Waals surface area contributed by atoms with E-state index in [9.17, 15) is 18.0 Å². The third-order valence-corrected chi connectivity index (χ3v) is 7.68. The summed E-state index contributed by atoms with van der Waals surface area (Å²) in [6.45, 7) is 2.58. The van der Waals surface area contributed by atoms with Crippen LogP contribution in [-0.4, -0.2) is 47.9 Å². The third-order valence-electron chi connectivity index (χ3n) is 7.29. The molecule has 0 atom stereocenters. The third kappa shape index (κ3) is 6.16. The van der Waals surface area contributed by atoms with Crippen molar-refractivity contribution >= 4 is 28.3 Å². The zero-order valence-corrected chi connectivity index (χ0v) is 19.9. The molecule has 2 aromatic rings. The quantitative estimate of drug-likeness (QED) is 0.461. The van der Waals surface area contributed by atoms with Crippen LogP contribution in [0, 0.1) is 11.8 Å². The average Bonchev–Trinajstić information content (AvgIpc) is 2.81. The lowest BCUT2D eigenvalue weighted by Gasteiger charge is -2.30. The van der Waals surface area contributed by atoms with E-state index < -0.39 is 18.1 Å². The highest BCUT2D eigenvalue weighted by Gasteiger charge is 2.41. The van der Waals surface area contributed by atoms with Crippen molar-refractivity contribution in [3.05, 3.63) is 40.9 Å². The summed E-state index contributed by atoms with van der Waals surface area (Å²) in [4.78, 5) is 13.4. The Morgan fingerprint density at radius 2 is 1.74 bits per heavy atom. The second-order valence-corrected chi connectivity index (χ2v) is 10.0. The second kappa shape index (κ2) is 10.7. The molecular formula is C26H31ClF3NO3. The van der Waals surface area contributed by atoms with E-state index in [0.717, 1.165) is 48.8 Å². The molecule has 0 bridgehead atoms. The van der Waals surface area contributed by atoms with Crippen LogP contribution in [0.1, 0.15) is 50.5 Å². The van der Waals surface area contributed by atoms with Crippen molar-refractivity contribution in [2.75, 3.05) is 19.6 Å². The number of ether oxygens (including phenoxy) is 1. The van der Waals surface area contributed by atoms with Crippen molar-refractivity contribution in [1.29, 1.82) is 0 Å². The molecule has 0 unspecified atom stereocenters. The first-order valence-corrected chi connectivity index (χ1v) is 12.5. The number of halogens is 4. The molecule has 1 N–H and O–H groups in total. The van der Waals surface area contributed by atoms with Crippen molar-refractivity contribution in [2.24, 2.45) is 11.8 Å². The monoisotopic (exact) mass is 497 g/mol. The number of alkyl halides is 3. The van der Waals surface area contributed by atoms with Crippen LogP contribution in [0.5, 0.6) is 5.75 Å². The predicted octanol–water partition coefficient (Wildman–Crippen LogP) is 6.72. The summed E-state index contributed by atoms with van der Waals surface area (Å²) in [6, 6.07) is 9.94. The van der Waals surface area contributed by atoms with Crippen LogP contribution < -0.4 is 4.74 Å². The van der Waals surface area contributed by atoms with Crippen molar-refractivity contribution in [2.45, 2.75) is 63.6 Å². The summed E-state index contributed by atoms with van der Waals surface area (Å²) in [5.74, 6) is -1.60. The van der Waals surface area contributed by atoms with Gasteiger partial charge in [-0.15, -0.1) is 0 Å². The molecule has 2 fully saturated rings. The fourth-order valence-corrected chi connectivity index (χ4v) is 5.43. The van der Waals surface area contributed by atoms with Gasteiger partial charge in [0.25, 0.3) is 0 Å². The van der Waals surface area contributed by atoms with Gasteiger partial charge in [0.1, 0.15) is 5.75 Å². The fourth-order valence-electron chi connectivity index (χ4n) is 5.15. The molecule has 1 aliphatic heterocycles. The number of carboxylic acids is 1. The molecule has 2 aromatic carbocycles. The Morgan fingerprint density at radius 3 is 2.38 bits per heavy atom. The zero-order valence-electron chi connectivity index (χ0n) is 19.1. The van der Waals surface area contributed by atoms with E-state index in [1.165, 1.54) is 0 Å². The Kier molecular flexibility index (Phi) is 7.93. The van der Waals surface area contributed by atoms with E-state index in [0.29, 0.717) is 36.5 Å². The molecule has 1 saturated carbocycles. The van der Waals surface area contributed by atoms with Gasteiger partial charge in [0.15, 0.2) is 0 Å². The lowest BCUT2D eigenvalue weighted by Crippen LogP contribution is -2.36. The fraction of sp³-hybridized carbons (Fsp3) is 0.577. The van der Waals surface area contributed by atoms with E-state index in [1.54, 1.807) is 6.07 Å². The molecule has 4 nitrogen and oxygen atoms in total. The van der Waals surface area contributed by atoms with Crippen LogP contribution in [0.15, 0.2) is 30.3 Å². The van der Waals surface area contributed by atoms with Gasteiger partial charge in [-0.3, -0.25) is 4.79 Å². The average molecular weight is 498 g/mol. The van der Waals surface area contributed by atoms with Gasteiger partial charge >= 0.3 is 12.1 Å². The van der Waals surface area contributed by atoms with Crippen LogP contribution in [0.2, 0.25) is 5.02 Å². The molecule has 0 spiro atoms. The Morgan fingerprint density at radius 1 is 1.06 bits per heavy atom. The molecule has 0 amide bonds. The molecule has 0 aromatic heterocycles. The number of likely N-dealkylation sites (tertiary alicyclic amines) is 1. The second-order valence-electron chi connectivity index (χ2n) is 9.62. The Hall–Kier alpha value is -1.99. The van der Waals surface area contributed by atoms with Gasteiger partial charge in [-0.05, 0) is 94.1 Å². The molecule has 1 aliphatic carbocycles. The first kappa shape index (κ1) is 25.1. The van der Waals surface area contributed by atoms with Crippen LogP contribution in [0.3, 0.4) is 0 Å². The SMILES string of the molecule is O=C(O)C1CCN(CCCc2ccc3ccc(O[C@H]4CC[C@@H](C(F)(F)F)CC4)c(Cl)c3c2)CC1. The number of nitrogens with zero attached hydrogens (tertiary/aromatic N) is 1. The van der Waals surface area contributed by atoms with Gasteiger partial charge in [-0.2, -0.15) is 13.2 Å². The minimum Gasteiger partial charge on any atom is -0.489 e. The van der Waals surface area contributed by atoms with Crippen molar-refractivity contribution in [1.82, 2.24) is 4.90 Å². The van der Waals surface area contributed by atoms with E-state index in [-0.39, 0.29) is 24.9 Å². The van der Waals surface area contributed by atoms with Crippen molar-refractivity contribution < 1.29 is 27.8 Å². The van der Waals surface area contributed by atoms with E-state index >= 15 is 0 Å². The number of rotatable bonds is 7. The molecule has 34 heavy (non-hydrogen) atoms. The number of benzene rings is 2. The Labute approximate surface area is 203 Å². The van der Waals surface area contributed by atoms with Gasteiger partial charge in [-0.1, -0.05) is 29.8 Å². The zero-order chi connectivity index (χ0) is 24.3. The smallest absolute Gasteiger partial charge is 0.391 e. The maximum absolute atomic E-state index is 12.9. The molecule has 1 heterocycles. The van der Waals surface area contributed by atoms with Gasteiger partial charge < -0.3 is 14.7 Å². The highest BCUT2D eigenvalue weighted by molar-refractivity contribution is 6.37. The van der Waals surface area contributed by atoms with Crippen molar-refractivity contribution in [3.8, 4) is 5.75 Å². The van der Waals surface area contributed by atoms with Gasteiger partial charge in [0.05, 0.1) is 23.0 Å². The van der Waals surface area contributed by atoms with E-state index in [2.05, 4.69) is 17.0 Å². The number of piperidine rings is 1. The van der Waals surface area contributed by atoms with Crippen LogP contribution in [0.25, 0.3) is 10.8 Å². The number of carbonyl (C=O) groups is 1.